The van der Waals surface area contributed by atoms with Gasteiger partial charge in [0.2, 0.25) is 0 Å². The minimum absolute atomic E-state index is 0. The predicted molar refractivity (Wildman–Crippen MR) is 110 cm³/mol. The van der Waals surface area contributed by atoms with Gasteiger partial charge in [0.25, 0.3) is 0 Å². The lowest BCUT2D eigenvalue weighted by atomic mass is 10.2. The summed E-state index contributed by atoms with van der Waals surface area (Å²) < 4.78 is 21.9. The second kappa shape index (κ2) is 11.0. The van der Waals surface area contributed by atoms with Crippen LogP contribution in [-0.2, 0) is 11.3 Å². The number of morpholine rings is 1. The van der Waals surface area contributed by atoms with E-state index < -0.39 is 11.9 Å². The molecule has 0 saturated carbocycles. The number of aromatic nitrogens is 2. The molecule has 1 aliphatic rings. The Morgan fingerprint density at radius 3 is 2.59 bits per heavy atom. The van der Waals surface area contributed by atoms with Gasteiger partial charge >= 0.3 is 5.76 Å². The zero-order valence-corrected chi connectivity index (χ0v) is 17.3. The molecule has 9 nitrogen and oxygen atoms in total. The molecule has 1 aliphatic heterocycles. The fourth-order valence-electron chi connectivity index (χ4n) is 3.04. The topological polar surface area (TPSA) is 99.2 Å². The highest BCUT2D eigenvalue weighted by atomic mass is 35.5. The third kappa shape index (κ3) is 6.07. The van der Waals surface area contributed by atoms with Crippen LogP contribution in [0.3, 0.4) is 0 Å². The molecule has 2 aromatic rings. The van der Waals surface area contributed by atoms with Crippen molar-refractivity contribution >= 4 is 24.6 Å². The van der Waals surface area contributed by atoms with E-state index in [1.165, 1.54) is 4.57 Å². The highest BCUT2D eigenvalue weighted by molar-refractivity contribution is 5.85. The van der Waals surface area contributed by atoms with Gasteiger partial charge in [-0.05, 0) is 23.8 Å². The van der Waals surface area contributed by atoms with Gasteiger partial charge in [-0.15, -0.1) is 12.4 Å². The van der Waals surface area contributed by atoms with Crippen molar-refractivity contribution in [1.82, 2.24) is 14.6 Å². The number of hydrogen-bond acceptors (Lipinski definition) is 8. The molecule has 160 valence electrons. The number of hydrogen-bond donors (Lipinski definition) is 1. The van der Waals surface area contributed by atoms with Crippen LogP contribution in [0.1, 0.15) is 11.4 Å². The average molecular weight is 428 g/mol. The number of aliphatic hydroxyl groups excluding tert-OH is 1. The van der Waals surface area contributed by atoms with Gasteiger partial charge in [0.15, 0.2) is 17.3 Å². The molecule has 1 aromatic carbocycles. The van der Waals surface area contributed by atoms with Crippen LogP contribution in [0, 0.1) is 0 Å². The Bertz CT molecular complexity index is 860. The number of benzene rings is 1. The van der Waals surface area contributed by atoms with Crippen LogP contribution in [-0.4, -0.2) is 72.9 Å². The summed E-state index contributed by atoms with van der Waals surface area (Å²) in [4.78, 5) is 14.1. The standard InChI is InChI=1S/C19H25N3O6.ClH/c1-25-16-5-3-14(11-17(16)26-2)4-6-18-20-28-19(24)22(18)13-15(23)12-21-7-9-27-10-8-21;/h3-6,11,15,23H,7-10,12-13H2,1-2H3;1H/b6-4+;. The summed E-state index contributed by atoms with van der Waals surface area (Å²) in [6.07, 6.45) is 2.72. The van der Waals surface area contributed by atoms with E-state index in [0.29, 0.717) is 37.1 Å². The largest absolute Gasteiger partial charge is 0.493 e. The second-order valence-corrected chi connectivity index (χ2v) is 6.43. The first-order chi connectivity index (χ1) is 13.6. The summed E-state index contributed by atoms with van der Waals surface area (Å²) in [6, 6.07) is 5.46. The Hall–Kier alpha value is -2.33. The summed E-state index contributed by atoms with van der Waals surface area (Å²) in [5, 5.41) is 14.2. The van der Waals surface area contributed by atoms with Crippen LogP contribution in [0.25, 0.3) is 12.2 Å². The molecule has 10 heteroatoms. The van der Waals surface area contributed by atoms with Crippen molar-refractivity contribution in [3.8, 4) is 11.5 Å². The Morgan fingerprint density at radius 2 is 1.90 bits per heavy atom. The zero-order valence-electron chi connectivity index (χ0n) is 16.4. The minimum atomic E-state index is -0.719. The Morgan fingerprint density at radius 1 is 1.17 bits per heavy atom. The van der Waals surface area contributed by atoms with Crippen molar-refractivity contribution in [2.75, 3.05) is 47.1 Å². The van der Waals surface area contributed by atoms with Crippen LogP contribution < -0.4 is 15.2 Å². The van der Waals surface area contributed by atoms with E-state index in [0.717, 1.165) is 18.7 Å². The smallest absolute Gasteiger partial charge is 0.441 e. The van der Waals surface area contributed by atoms with E-state index >= 15 is 0 Å². The molecule has 0 radical (unpaired) electrons. The normalized spacial score (nSPS) is 15.8. The van der Waals surface area contributed by atoms with Crippen LogP contribution >= 0.6 is 12.4 Å². The van der Waals surface area contributed by atoms with Crippen LogP contribution in [0.5, 0.6) is 11.5 Å². The van der Waals surface area contributed by atoms with Gasteiger partial charge in [0.1, 0.15) is 0 Å². The lowest BCUT2D eigenvalue weighted by Crippen LogP contribution is -2.42. The monoisotopic (exact) mass is 427 g/mol. The molecule has 0 bridgehead atoms. The number of aliphatic hydroxyl groups is 1. The van der Waals surface area contributed by atoms with E-state index in [-0.39, 0.29) is 19.0 Å². The summed E-state index contributed by atoms with van der Waals surface area (Å²) in [7, 11) is 3.14. The summed E-state index contributed by atoms with van der Waals surface area (Å²) in [5.41, 5.74) is 0.841. The van der Waals surface area contributed by atoms with Crippen molar-refractivity contribution in [3.63, 3.8) is 0 Å². The first-order valence-electron chi connectivity index (χ1n) is 9.05. The van der Waals surface area contributed by atoms with Crippen molar-refractivity contribution in [3.05, 3.63) is 40.1 Å². The van der Waals surface area contributed by atoms with Crippen molar-refractivity contribution in [1.29, 1.82) is 0 Å². The number of methoxy groups -OCH3 is 2. The average Bonchev–Trinajstić information content (AvgIpc) is 3.06. The Kier molecular flexibility index (Phi) is 8.71. The highest BCUT2D eigenvalue weighted by Gasteiger charge is 2.18. The fraction of sp³-hybridized carbons (Fsp3) is 0.474. The predicted octanol–water partition coefficient (Wildman–Crippen LogP) is 1.14. The van der Waals surface area contributed by atoms with Crippen molar-refractivity contribution < 1.29 is 23.8 Å². The SMILES string of the molecule is COc1ccc(/C=C/c2noc(=O)n2CC(O)CN2CCOCC2)cc1OC.Cl. The summed E-state index contributed by atoms with van der Waals surface area (Å²) >= 11 is 0. The van der Waals surface area contributed by atoms with Gasteiger partial charge in [-0.1, -0.05) is 17.3 Å². The van der Waals surface area contributed by atoms with E-state index in [2.05, 4.69) is 10.1 Å². The zero-order chi connectivity index (χ0) is 19.9. The molecule has 1 unspecified atom stereocenters. The molecule has 29 heavy (non-hydrogen) atoms. The highest BCUT2D eigenvalue weighted by Crippen LogP contribution is 2.28. The van der Waals surface area contributed by atoms with E-state index in [1.54, 1.807) is 32.4 Å². The molecule has 2 heterocycles. The minimum Gasteiger partial charge on any atom is -0.493 e. The summed E-state index contributed by atoms with van der Waals surface area (Å²) in [6.45, 7) is 3.40. The molecular formula is C19H26ClN3O6. The van der Waals surface area contributed by atoms with Gasteiger partial charge in [-0.25, -0.2) is 4.79 Å². The number of rotatable bonds is 8. The Labute approximate surface area is 174 Å². The van der Waals surface area contributed by atoms with Crippen LogP contribution in [0.2, 0.25) is 0 Å². The van der Waals surface area contributed by atoms with Gasteiger partial charge in [0, 0.05) is 19.6 Å². The first kappa shape index (κ1) is 23.0. The van der Waals surface area contributed by atoms with Crippen molar-refractivity contribution in [2.45, 2.75) is 12.6 Å². The van der Waals surface area contributed by atoms with E-state index in [9.17, 15) is 9.90 Å². The van der Waals surface area contributed by atoms with Crippen LogP contribution in [0.4, 0.5) is 0 Å². The quantitative estimate of drug-likeness (QED) is 0.669. The maximum Gasteiger partial charge on any atom is 0.441 e. The van der Waals surface area contributed by atoms with Gasteiger partial charge < -0.3 is 19.3 Å². The Balaban J connectivity index is 0.00000300. The first-order valence-corrected chi connectivity index (χ1v) is 9.05. The van der Waals surface area contributed by atoms with E-state index in [4.69, 9.17) is 18.7 Å². The maximum atomic E-state index is 12.0. The second-order valence-electron chi connectivity index (χ2n) is 6.43. The lowest BCUT2D eigenvalue weighted by molar-refractivity contribution is 0.0111. The van der Waals surface area contributed by atoms with Gasteiger partial charge in [0.05, 0.1) is 40.1 Å². The third-order valence-corrected chi connectivity index (χ3v) is 4.51. The number of β-amino-alcohol motifs (C(OH)–C–C–N with tert-alkyl or cyclic N) is 1. The number of nitrogens with zero attached hydrogens (tertiary/aromatic N) is 3. The molecule has 3 rings (SSSR count). The van der Waals surface area contributed by atoms with Crippen molar-refractivity contribution in [2.24, 2.45) is 0 Å². The molecule has 0 amide bonds. The van der Waals surface area contributed by atoms with Gasteiger partial charge in [-0.3, -0.25) is 14.0 Å². The molecule has 1 fully saturated rings. The molecule has 1 N–H and O–H groups in total. The molecule has 1 atom stereocenters. The fourth-order valence-corrected chi connectivity index (χ4v) is 3.04. The molecule has 1 saturated heterocycles. The number of halogens is 1. The van der Waals surface area contributed by atoms with Crippen LogP contribution in [0.15, 0.2) is 27.5 Å². The molecule has 0 spiro atoms. The molecule has 0 aliphatic carbocycles. The third-order valence-electron chi connectivity index (χ3n) is 4.51. The van der Waals surface area contributed by atoms with Gasteiger partial charge in [-0.2, -0.15) is 0 Å². The molecular weight excluding hydrogens is 402 g/mol. The maximum absolute atomic E-state index is 12.0. The summed E-state index contributed by atoms with van der Waals surface area (Å²) in [5.74, 6) is 0.959. The lowest BCUT2D eigenvalue weighted by Gasteiger charge is -2.28. The molecule has 1 aromatic heterocycles. The van der Waals surface area contributed by atoms with E-state index in [1.807, 2.05) is 12.1 Å². The number of ether oxygens (including phenoxy) is 3.